The highest BCUT2D eigenvalue weighted by atomic mass is 16.5. The van der Waals surface area contributed by atoms with Crippen molar-refractivity contribution in [2.75, 3.05) is 0 Å². The Balaban J connectivity index is 1.13. The van der Waals surface area contributed by atoms with Gasteiger partial charge < -0.3 is 24.1 Å². The molecule has 0 aliphatic carbocycles. The average molecular weight is 955 g/mol. The molecule has 358 valence electrons. The van der Waals surface area contributed by atoms with Crippen molar-refractivity contribution in [2.24, 2.45) is 0 Å². The summed E-state index contributed by atoms with van der Waals surface area (Å²) >= 11 is 0. The van der Waals surface area contributed by atoms with Gasteiger partial charge in [-0.1, -0.05) is 200 Å². The van der Waals surface area contributed by atoms with Crippen LogP contribution < -0.4 is 9.67 Å². The number of rotatable bonds is 8. The Kier molecular flexibility index (Phi) is 14.4. The van der Waals surface area contributed by atoms with Gasteiger partial charge in [0.1, 0.15) is 24.4 Å². The van der Waals surface area contributed by atoms with E-state index in [2.05, 4.69) is 138 Å². The van der Waals surface area contributed by atoms with Crippen molar-refractivity contribution in [1.82, 2.24) is 4.98 Å². The number of hydrogen-bond acceptors (Lipinski definition) is 6. The summed E-state index contributed by atoms with van der Waals surface area (Å²) in [5.74, 6) is -0.166. The van der Waals surface area contributed by atoms with Crippen LogP contribution in [0, 0.1) is 0 Å². The molecule has 11 rings (SSSR count). The Morgan fingerprint density at radius 1 is 0.329 bits per heavy atom. The van der Waals surface area contributed by atoms with Gasteiger partial charge in [-0.25, -0.2) is 0 Å². The number of fused-ring (bicyclic) bond motifs is 4. The first-order valence-electron chi connectivity index (χ1n) is 24.8. The summed E-state index contributed by atoms with van der Waals surface area (Å²) < 4.78 is 30.5. The maximum absolute atomic E-state index is 15.5. The van der Waals surface area contributed by atoms with Crippen molar-refractivity contribution in [2.45, 2.75) is 50.8 Å². The second-order valence-electron chi connectivity index (χ2n) is 18.2. The highest BCUT2D eigenvalue weighted by Gasteiger charge is 2.32. The smallest absolute Gasteiger partial charge is 0.219 e. The molecule has 0 saturated heterocycles. The quantitative estimate of drug-likeness (QED) is 0.141. The number of hydrogen-bond donors (Lipinski definition) is 0. The van der Waals surface area contributed by atoms with Crippen LogP contribution in [0.4, 0.5) is 0 Å². The zero-order valence-electron chi connectivity index (χ0n) is 40.3. The van der Waals surface area contributed by atoms with Crippen LogP contribution >= 0.6 is 0 Å². The first-order valence-corrected chi connectivity index (χ1v) is 24.8. The molecule has 0 fully saturated rings. The van der Waals surface area contributed by atoms with Crippen LogP contribution in [0.5, 0.6) is 5.75 Å². The highest BCUT2D eigenvalue weighted by molar-refractivity contribution is 5.74. The summed E-state index contributed by atoms with van der Waals surface area (Å²) in [5.41, 5.74) is 13.0. The molecule has 2 unspecified atom stereocenters. The number of nitrogens with zero attached hydrogens (tertiary/aromatic N) is 2. The Hall–Kier alpha value is -8.30. The van der Waals surface area contributed by atoms with E-state index in [-0.39, 0.29) is 32.2 Å². The number of aromatic nitrogens is 2. The van der Waals surface area contributed by atoms with Crippen LogP contribution in [0.3, 0.4) is 0 Å². The Labute approximate surface area is 427 Å². The van der Waals surface area contributed by atoms with Crippen molar-refractivity contribution < 1.29 is 28.6 Å². The van der Waals surface area contributed by atoms with Crippen LogP contribution in [0.25, 0.3) is 39.3 Å². The summed E-state index contributed by atoms with van der Waals surface area (Å²) in [5, 5.41) is 15.5. The number of benzene rings is 8. The fourth-order valence-corrected chi connectivity index (χ4v) is 9.80. The van der Waals surface area contributed by atoms with Gasteiger partial charge in [0.05, 0.1) is 37.8 Å². The van der Waals surface area contributed by atoms with Crippen molar-refractivity contribution in [3.05, 3.63) is 300 Å². The van der Waals surface area contributed by atoms with E-state index in [1.165, 1.54) is 0 Å². The summed E-state index contributed by atoms with van der Waals surface area (Å²) in [6, 6.07) is 86.2. The fourth-order valence-electron chi connectivity index (χ4n) is 9.80. The number of pyridine rings is 2. The average Bonchev–Trinajstić information content (AvgIpc) is 3.46. The van der Waals surface area contributed by atoms with Gasteiger partial charge in [0.15, 0.2) is 0 Å². The standard InChI is InChI=1S/C66H54N2O5/c69-62-55-39-59(68-60(48-25-10-2-11-26-48)41-54(47-23-8-1-9-24-47)42-61(68)49-27-12-3-13-28-49)40-56(62)44-71-64(51-31-16-5-17-32-51)66(53-35-20-7-21-36-53)73-46-58-38-22-37-57(67-58)45-72-65(52-33-18-6-19-34-52)63(70-43-55)50-29-14-4-15-30-50/h1-42,63-66H,43-46H2/t63-,64?,65?,66-/m0/s1. The van der Waals surface area contributed by atoms with Gasteiger partial charge >= 0.3 is 0 Å². The monoisotopic (exact) mass is 954 g/mol. The van der Waals surface area contributed by atoms with Gasteiger partial charge in [-0.05, 0) is 80.9 Å². The Bertz CT molecular complexity index is 3170. The summed E-state index contributed by atoms with van der Waals surface area (Å²) in [7, 11) is 0. The van der Waals surface area contributed by atoms with Crippen molar-refractivity contribution >= 4 is 0 Å². The van der Waals surface area contributed by atoms with E-state index in [0.29, 0.717) is 11.1 Å². The lowest BCUT2D eigenvalue weighted by Gasteiger charge is -2.31. The molecule has 0 saturated carbocycles. The molecular formula is C66H54N2O5. The van der Waals surface area contributed by atoms with Gasteiger partial charge in [0.25, 0.3) is 0 Å². The maximum atomic E-state index is 15.5. The van der Waals surface area contributed by atoms with Gasteiger partial charge in [-0.3, -0.25) is 4.98 Å². The molecule has 2 aromatic heterocycles. The molecule has 10 aromatic rings. The first kappa shape index (κ1) is 47.0. The van der Waals surface area contributed by atoms with E-state index in [9.17, 15) is 0 Å². The third-order valence-corrected chi connectivity index (χ3v) is 13.4. The van der Waals surface area contributed by atoms with Gasteiger partial charge in [0, 0.05) is 35.4 Å². The molecule has 4 atom stereocenters. The van der Waals surface area contributed by atoms with Crippen molar-refractivity contribution in [3.8, 4) is 45.1 Å². The predicted molar refractivity (Wildman–Crippen MR) is 284 cm³/mol. The van der Waals surface area contributed by atoms with E-state index >= 15 is 5.11 Å². The highest BCUT2D eigenvalue weighted by Crippen LogP contribution is 2.41. The Morgan fingerprint density at radius 2 is 0.644 bits per heavy atom. The zero-order valence-corrected chi connectivity index (χ0v) is 40.3. The SMILES string of the molecule is [O-]c1c2cc(-[n+]3c(-c4ccccc4)cc(-c4ccccc4)cc3-c3ccccc3)cc1CO[C@@H](c1ccccc1)C(c1ccccc1)OCc1cccc(n1)CO[C@@H](c1ccccc1)C(c1ccccc1)OC2. The molecule has 0 amide bonds. The molecule has 1 aliphatic rings. The number of ether oxygens (including phenoxy) is 4. The molecule has 0 radical (unpaired) electrons. The van der Waals surface area contributed by atoms with Crippen molar-refractivity contribution in [1.29, 1.82) is 0 Å². The summed E-state index contributed by atoms with van der Waals surface area (Å²) in [6.07, 6.45) is -2.39. The lowest BCUT2D eigenvalue weighted by atomic mass is 9.97. The molecular weight excluding hydrogens is 901 g/mol. The molecule has 3 heterocycles. The second-order valence-corrected chi connectivity index (χ2v) is 18.2. The fraction of sp³-hybridized carbons (Fsp3) is 0.121. The lowest BCUT2D eigenvalue weighted by Crippen LogP contribution is -2.37. The normalized spacial score (nSPS) is 17.5. The van der Waals surface area contributed by atoms with E-state index in [1.54, 1.807) is 0 Å². The van der Waals surface area contributed by atoms with Gasteiger partial charge in [-0.15, -0.1) is 0 Å². The molecule has 0 spiro atoms. The topological polar surface area (TPSA) is 76.8 Å². The molecule has 0 N–H and O–H groups in total. The molecule has 1 aliphatic heterocycles. The van der Waals surface area contributed by atoms with Crippen LogP contribution in [0.1, 0.15) is 69.2 Å². The van der Waals surface area contributed by atoms with Gasteiger partial charge in [0.2, 0.25) is 17.1 Å². The molecule has 7 heteroatoms. The van der Waals surface area contributed by atoms with E-state index in [1.807, 2.05) is 121 Å². The third-order valence-electron chi connectivity index (χ3n) is 13.4. The molecule has 73 heavy (non-hydrogen) atoms. The second kappa shape index (κ2) is 22.4. The van der Waals surface area contributed by atoms with Crippen LogP contribution in [-0.4, -0.2) is 4.98 Å². The molecule has 8 aromatic carbocycles. The Morgan fingerprint density at radius 3 is 1.00 bits per heavy atom. The lowest BCUT2D eigenvalue weighted by molar-refractivity contribution is -0.572. The van der Waals surface area contributed by atoms with Gasteiger partial charge in [-0.2, -0.15) is 4.57 Å². The summed E-state index contributed by atoms with van der Waals surface area (Å²) in [6.45, 7) is 0.345. The van der Waals surface area contributed by atoms with E-state index in [0.717, 1.165) is 73.0 Å². The van der Waals surface area contributed by atoms with Crippen LogP contribution in [-0.2, 0) is 45.4 Å². The zero-order chi connectivity index (χ0) is 49.2. The molecule has 4 bridgehead atoms. The largest absolute Gasteiger partial charge is 0.872 e. The van der Waals surface area contributed by atoms with Crippen LogP contribution in [0.2, 0.25) is 0 Å². The predicted octanol–water partition coefficient (Wildman–Crippen LogP) is 14.2. The van der Waals surface area contributed by atoms with E-state index < -0.39 is 24.4 Å². The summed E-state index contributed by atoms with van der Waals surface area (Å²) in [4.78, 5) is 5.06. The third kappa shape index (κ3) is 10.8. The minimum atomic E-state index is -0.622. The maximum Gasteiger partial charge on any atom is 0.219 e. The minimum Gasteiger partial charge on any atom is -0.872 e. The molecule has 7 nitrogen and oxygen atoms in total. The van der Waals surface area contributed by atoms with E-state index in [4.69, 9.17) is 23.9 Å². The minimum absolute atomic E-state index is 0.0263. The first-order chi connectivity index (χ1) is 36.1. The van der Waals surface area contributed by atoms with Crippen molar-refractivity contribution in [3.63, 3.8) is 0 Å². The van der Waals surface area contributed by atoms with Crippen LogP contribution in [0.15, 0.2) is 255 Å².